The molecular formula is C18H16FN3O2. The van der Waals surface area contributed by atoms with Gasteiger partial charge in [0.2, 0.25) is 11.8 Å². The first-order valence-corrected chi connectivity index (χ1v) is 7.82. The molecule has 3 aromatic rings. The van der Waals surface area contributed by atoms with Crippen molar-refractivity contribution in [3.8, 4) is 22.9 Å². The molecule has 1 saturated heterocycles. The van der Waals surface area contributed by atoms with Gasteiger partial charge in [0.25, 0.3) is 0 Å². The Morgan fingerprint density at radius 1 is 0.917 bits per heavy atom. The van der Waals surface area contributed by atoms with E-state index in [4.69, 9.17) is 9.15 Å². The van der Waals surface area contributed by atoms with E-state index in [-0.39, 0.29) is 11.9 Å². The summed E-state index contributed by atoms with van der Waals surface area (Å²) < 4.78 is 24.4. The van der Waals surface area contributed by atoms with Crippen LogP contribution >= 0.6 is 0 Å². The van der Waals surface area contributed by atoms with Gasteiger partial charge in [-0.15, -0.1) is 10.2 Å². The van der Waals surface area contributed by atoms with Gasteiger partial charge in [0.1, 0.15) is 5.82 Å². The first kappa shape index (κ1) is 15.0. The molecule has 1 atom stereocenters. The quantitative estimate of drug-likeness (QED) is 0.801. The molecule has 0 bridgehead atoms. The van der Waals surface area contributed by atoms with Gasteiger partial charge in [-0.3, -0.25) is 0 Å². The summed E-state index contributed by atoms with van der Waals surface area (Å²) in [5, 5.41) is 11.4. The Hall–Kier alpha value is -2.57. The van der Waals surface area contributed by atoms with E-state index in [0.29, 0.717) is 17.3 Å². The highest BCUT2D eigenvalue weighted by atomic mass is 19.1. The van der Waals surface area contributed by atoms with Crippen molar-refractivity contribution in [1.82, 2.24) is 15.5 Å². The molecule has 0 aliphatic carbocycles. The van der Waals surface area contributed by atoms with Crippen molar-refractivity contribution in [1.29, 1.82) is 0 Å². The van der Waals surface area contributed by atoms with Gasteiger partial charge in [0, 0.05) is 24.2 Å². The molecule has 0 saturated carbocycles. The minimum absolute atomic E-state index is 0.0743. The number of ether oxygens (including phenoxy) is 1. The van der Waals surface area contributed by atoms with Gasteiger partial charge in [-0.1, -0.05) is 12.1 Å². The molecule has 1 aliphatic heterocycles. The zero-order valence-corrected chi connectivity index (χ0v) is 12.9. The molecule has 0 unspecified atom stereocenters. The average Bonchev–Trinajstić information content (AvgIpc) is 3.13. The van der Waals surface area contributed by atoms with Gasteiger partial charge in [0.05, 0.1) is 12.7 Å². The van der Waals surface area contributed by atoms with Crippen molar-refractivity contribution in [3.63, 3.8) is 0 Å². The van der Waals surface area contributed by atoms with Crippen LogP contribution in [0.3, 0.4) is 0 Å². The number of nitrogens with zero attached hydrogens (tertiary/aromatic N) is 2. The zero-order chi connectivity index (χ0) is 16.4. The fraction of sp³-hybridized carbons (Fsp3) is 0.222. The Morgan fingerprint density at radius 3 is 2.12 bits per heavy atom. The summed E-state index contributed by atoms with van der Waals surface area (Å²) in [6, 6.07) is 13.9. The van der Waals surface area contributed by atoms with Gasteiger partial charge in [0.15, 0.2) is 0 Å². The summed E-state index contributed by atoms with van der Waals surface area (Å²) in [6.07, 6.45) is 0.0743. The number of halogens is 1. The van der Waals surface area contributed by atoms with E-state index in [0.717, 1.165) is 30.8 Å². The highest BCUT2D eigenvalue weighted by Gasteiger charge is 2.16. The molecule has 4 rings (SSSR count). The molecule has 1 fully saturated rings. The standard InChI is InChI=1S/C18H16FN3O2/c19-15-7-5-14(6-8-15)18-22-21-17(24-18)13-3-1-12(2-4-13)16-11-20-9-10-23-16/h1-8,16,20H,9-11H2/t16-/m1/s1. The Bertz CT molecular complexity index is 809. The summed E-state index contributed by atoms with van der Waals surface area (Å²) in [6.45, 7) is 2.43. The van der Waals surface area contributed by atoms with Crippen LogP contribution in [0.4, 0.5) is 4.39 Å². The van der Waals surface area contributed by atoms with Gasteiger partial charge in [-0.25, -0.2) is 4.39 Å². The number of rotatable bonds is 3. The van der Waals surface area contributed by atoms with Gasteiger partial charge in [-0.05, 0) is 42.0 Å². The topological polar surface area (TPSA) is 60.2 Å². The first-order valence-electron chi connectivity index (χ1n) is 7.82. The van der Waals surface area contributed by atoms with Crippen molar-refractivity contribution >= 4 is 0 Å². The summed E-state index contributed by atoms with van der Waals surface area (Å²) in [5.74, 6) is 0.506. The normalized spacial score (nSPS) is 17.8. The summed E-state index contributed by atoms with van der Waals surface area (Å²) in [5.41, 5.74) is 2.64. The molecule has 122 valence electrons. The number of aromatic nitrogens is 2. The third kappa shape index (κ3) is 3.06. The molecule has 6 heteroatoms. The third-order valence-corrected chi connectivity index (χ3v) is 3.97. The van der Waals surface area contributed by atoms with Crippen LogP contribution in [0.25, 0.3) is 22.9 Å². The average molecular weight is 325 g/mol. The third-order valence-electron chi connectivity index (χ3n) is 3.97. The van der Waals surface area contributed by atoms with E-state index in [2.05, 4.69) is 15.5 Å². The number of hydrogen-bond donors (Lipinski definition) is 1. The predicted molar refractivity (Wildman–Crippen MR) is 86.7 cm³/mol. The second-order valence-corrected chi connectivity index (χ2v) is 5.60. The highest BCUT2D eigenvalue weighted by Crippen LogP contribution is 2.26. The monoisotopic (exact) mass is 325 g/mol. The van der Waals surface area contributed by atoms with Gasteiger partial charge in [-0.2, -0.15) is 0 Å². The van der Waals surface area contributed by atoms with Crippen LogP contribution in [0.1, 0.15) is 11.7 Å². The summed E-state index contributed by atoms with van der Waals surface area (Å²) in [4.78, 5) is 0. The molecule has 1 aromatic heterocycles. The van der Waals surface area contributed by atoms with Crippen molar-refractivity contribution in [2.45, 2.75) is 6.10 Å². The van der Waals surface area contributed by atoms with Crippen LogP contribution in [0.2, 0.25) is 0 Å². The van der Waals surface area contributed by atoms with Crippen LogP contribution in [0, 0.1) is 5.82 Å². The van der Waals surface area contributed by atoms with Crippen molar-refractivity contribution in [2.24, 2.45) is 0 Å². The second kappa shape index (κ2) is 6.51. The lowest BCUT2D eigenvalue weighted by atomic mass is 10.1. The Kier molecular flexibility index (Phi) is 4.06. The molecule has 2 heterocycles. The van der Waals surface area contributed by atoms with Crippen molar-refractivity contribution in [2.75, 3.05) is 19.7 Å². The van der Waals surface area contributed by atoms with Gasteiger partial charge < -0.3 is 14.5 Å². The van der Waals surface area contributed by atoms with Crippen molar-refractivity contribution in [3.05, 3.63) is 59.9 Å². The largest absolute Gasteiger partial charge is 0.416 e. The molecule has 1 aliphatic rings. The number of hydrogen-bond acceptors (Lipinski definition) is 5. The molecular weight excluding hydrogens is 309 g/mol. The lowest BCUT2D eigenvalue weighted by Crippen LogP contribution is -2.33. The molecule has 0 amide bonds. The summed E-state index contributed by atoms with van der Waals surface area (Å²) in [7, 11) is 0. The lowest BCUT2D eigenvalue weighted by molar-refractivity contribution is 0.0277. The van der Waals surface area contributed by atoms with Crippen LogP contribution in [0.15, 0.2) is 52.9 Å². The fourth-order valence-corrected chi connectivity index (χ4v) is 2.67. The predicted octanol–water partition coefficient (Wildman–Crippen LogP) is 3.20. The molecule has 0 spiro atoms. The van der Waals surface area contributed by atoms with E-state index in [9.17, 15) is 4.39 Å². The number of benzene rings is 2. The Labute approximate surface area is 138 Å². The molecule has 5 nitrogen and oxygen atoms in total. The molecule has 0 radical (unpaired) electrons. The SMILES string of the molecule is Fc1ccc(-c2nnc(-c3ccc([C@H]4CNCCO4)cc3)o2)cc1. The second-order valence-electron chi connectivity index (χ2n) is 5.60. The Morgan fingerprint density at radius 2 is 1.54 bits per heavy atom. The smallest absolute Gasteiger partial charge is 0.248 e. The van der Waals surface area contributed by atoms with E-state index < -0.39 is 0 Å². The zero-order valence-electron chi connectivity index (χ0n) is 12.9. The van der Waals surface area contributed by atoms with Crippen LogP contribution in [-0.4, -0.2) is 29.9 Å². The maximum Gasteiger partial charge on any atom is 0.248 e. The lowest BCUT2D eigenvalue weighted by Gasteiger charge is -2.23. The highest BCUT2D eigenvalue weighted by molar-refractivity contribution is 5.58. The minimum Gasteiger partial charge on any atom is -0.416 e. The van der Waals surface area contributed by atoms with Crippen molar-refractivity contribution < 1.29 is 13.5 Å². The van der Waals surface area contributed by atoms with Gasteiger partial charge >= 0.3 is 0 Å². The van der Waals surface area contributed by atoms with Crippen LogP contribution < -0.4 is 5.32 Å². The van der Waals surface area contributed by atoms with Crippen LogP contribution in [0.5, 0.6) is 0 Å². The maximum absolute atomic E-state index is 13.0. The molecule has 24 heavy (non-hydrogen) atoms. The summed E-state index contributed by atoms with van der Waals surface area (Å²) >= 11 is 0. The molecule has 1 N–H and O–H groups in total. The number of morpholine rings is 1. The first-order chi connectivity index (χ1) is 11.8. The Balaban J connectivity index is 1.54. The minimum atomic E-state index is -0.298. The van der Waals surface area contributed by atoms with E-state index >= 15 is 0 Å². The van der Waals surface area contributed by atoms with E-state index in [1.54, 1.807) is 12.1 Å². The number of nitrogens with one attached hydrogen (secondary N) is 1. The molecule has 2 aromatic carbocycles. The maximum atomic E-state index is 13.0. The fourth-order valence-electron chi connectivity index (χ4n) is 2.67. The van der Waals surface area contributed by atoms with E-state index in [1.807, 2.05) is 24.3 Å². The van der Waals surface area contributed by atoms with Crippen LogP contribution in [-0.2, 0) is 4.74 Å². The van der Waals surface area contributed by atoms with E-state index in [1.165, 1.54) is 12.1 Å².